The van der Waals surface area contributed by atoms with Gasteiger partial charge in [0.15, 0.2) is 0 Å². The van der Waals surface area contributed by atoms with Crippen LogP contribution in [0.1, 0.15) is 36.3 Å². The monoisotopic (exact) mass is 407 g/mol. The molecule has 5 nitrogen and oxygen atoms in total. The number of β-amino-alcohol motifs (C(OH)–C–C–N with tert-alkyl or cyclic N) is 1. The minimum atomic E-state index is -0.427. The number of hydrogen-bond acceptors (Lipinski definition) is 5. The van der Waals surface area contributed by atoms with Crippen molar-refractivity contribution in [1.29, 1.82) is 0 Å². The number of aliphatic hydroxyl groups is 1. The number of fused-ring (bicyclic) bond motifs is 1. The van der Waals surface area contributed by atoms with Crippen LogP contribution in [-0.2, 0) is 6.54 Å². The number of likely N-dealkylation sites (tertiary alicyclic amines) is 2. The maximum Gasteiger partial charge on any atom is 0.119 e. The fraction of sp³-hybridized carbons (Fsp3) is 0.560. The van der Waals surface area contributed by atoms with Crippen LogP contribution in [0, 0.1) is 11.8 Å². The first-order chi connectivity index (χ1) is 14.7. The van der Waals surface area contributed by atoms with E-state index in [4.69, 9.17) is 4.74 Å². The van der Waals surface area contributed by atoms with Crippen molar-refractivity contribution in [2.45, 2.75) is 37.8 Å². The minimum Gasteiger partial charge on any atom is -0.491 e. The van der Waals surface area contributed by atoms with Gasteiger partial charge in [-0.15, -0.1) is 0 Å². The Morgan fingerprint density at radius 2 is 1.77 bits per heavy atom. The van der Waals surface area contributed by atoms with Crippen LogP contribution in [0.4, 0.5) is 0 Å². The van der Waals surface area contributed by atoms with Crippen LogP contribution in [0.3, 0.4) is 0 Å². The molecule has 2 saturated heterocycles. The van der Waals surface area contributed by atoms with Gasteiger partial charge in [-0.3, -0.25) is 9.88 Å². The number of ether oxygens (including phenoxy) is 1. The van der Waals surface area contributed by atoms with E-state index in [1.807, 2.05) is 18.5 Å². The maximum absolute atomic E-state index is 10.5. The number of pyridine rings is 1. The van der Waals surface area contributed by atoms with Crippen LogP contribution in [-0.4, -0.2) is 65.3 Å². The van der Waals surface area contributed by atoms with Crippen LogP contribution < -0.4 is 4.74 Å². The highest BCUT2D eigenvalue weighted by molar-refractivity contribution is 5.29. The Morgan fingerprint density at radius 1 is 1.00 bits per heavy atom. The molecule has 1 saturated carbocycles. The standard InChI is InChI=1S/C25H33N3O2/c29-24(17-28-13-21-4-2-5-22(21)14-28)18-30-25-6-1-3-19(11-25)12-27-15-23(16-27)20-7-9-26-10-8-20/h1,3,6-11,21-24,29H,2,4-5,12-18H2/t21-,22+,24?. The van der Waals surface area contributed by atoms with E-state index in [0.29, 0.717) is 12.5 Å². The second-order valence-electron chi connectivity index (χ2n) is 9.45. The third kappa shape index (κ3) is 4.69. The summed E-state index contributed by atoms with van der Waals surface area (Å²) in [6.07, 6.45) is 7.48. The van der Waals surface area contributed by atoms with E-state index in [-0.39, 0.29) is 0 Å². The van der Waals surface area contributed by atoms with E-state index in [1.54, 1.807) is 0 Å². The van der Waals surface area contributed by atoms with Gasteiger partial charge in [0.2, 0.25) is 0 Å². The van der Waals surface area contributed by atoms with Crippen molar-refractivity contribution in [2.24, 2.45) is 11.8 Å². The summed E-state index contributed by atoms with van der Waals surface area (Å²) in [6, 6.07) is 12.6. The molecule has 2 aliphatic heterocycles. The molecule has 3 fully saturated rings. The molecule has 0 amide bonds. The Labute approximate surface area is 179 Å². The van der Waals surface area contributed by atoms with Crippen LogP contribution in [0.5, 0.6) is 5.75 Å². The summed E-state index contributed by atoms with van der Waals surface area (Å²) in [6.45, 7) is 6.54. The highest BCUT2D eigenvalue weighted by Gasteiger charge is 2.36. The third-order valence-electron chi connectivity index (χ3n) is 7.15. The Balaban J connectivity index is 1.06. The van der Waals surface area contributed by atoms with Crippen LogP contribution in [0.15, 0.2) is 48.8 Å². The molecule has 3 heterocycles. The molecule has 3 aliphatic rings. The van der Waals surface area contributed by atoms with Gasteiger partial charge in [0.1, 0.15) is 18.5 Å². The lowest BCUT2D eigenvalue weighted by molar-refractivity contribution is 0.0733. The second-order valence-corrected chi connectivity index (χ2v) is 9.45. The summed E-state index contributed by atoms with van der Waals surface area (Å²) < 4.78 is 5.93. The molecule has 3 atom stereocenters. The molecule has 5 heteroatoms. The van der Waals surface area contributed by atoms with E-state index < -0.39 is 6.10 Å². The topological polar surface area (TPSA) is 48.8 Å². The molecule has 1 aliphatic carbocycles. The Morgan fingerprint density at radius 3 is 2.53 bits per heavy atom. The second kappa shape index (κ2) is 9.04. The van der Waals surface area contributed by atoms with Gasteiger partial charge in [-0.05, 0) is 60.1 Å². The van der Waals surface area contributed by atoms with Crippen molar-refractivity contribution in [3.8, 4) is 5.75 Å². The third-order valence-corrected chi connectivity index (χ3v) is 7.15. The molecular formula is C25H33N3O2. The van der Waals surface area contributed by atoms with Crippen LogP contribution in [0.25, 0.3) is 0 Å². The fourth-order valence-electron chi connectivity index (χ4n) is 5.56. The van der Waals surface area contributed by atoms with E-state index in [2.05, 4.69) is 45.1 Å². The zero-order chi connectivity index (χ0) is 20.3. The first-order valence-electron chi connectivity index (χ1n) is 11.5. The predicted octanol–water partition coefficient (Wildman–Crippen LogP) is 3.15. The largest absolute Gasteiger partial charge is 0.491 e. The molecule has 2 aromatic rings. The van der Waals surface area contributed by atoms with E-state index in [0.717, 1.165) is 56.9 Å². The molecule has 5 rings (SSSR count). The smallest absolute Gasteiger partial charge is 0.119 e. The van der Waals surface area contributed by atoms with Gasteiger partial charge in [-0.1, -0.05) is 18.6 Å². The Kier molecular flexibility index (Phi) is 6.02. The van der Waals surface area contributed by atoms with Crippen LogP contribution >= 0.6 is 0 Å². The number of hydrogen-bond donors (Lipinski definition) is 1. The SMILES string of the molecule is OC(COc1cccc(CN2CC(c3ccncc3)C2)c1)CN1C[C@H]2CCC[C@H]2C1. The van der Waals surface area contributed by atoms with Gasteiger partial charge in [0.25, 0.3) is 0 Å². The first-order valence-corrected chi connectivity index (χ1v) is 11.5. The quantitative estimate of drug-likeness (QED) is 0.729. The molecule has 0 radical (unpaired) electrons. The molecule has 1 aromatic heterocycles. The van der Waals surface area contributed by atoms with Gasteiger partial charge < -0.3 is 14.7 Å². The summed E-state index contributed by atoms with van der Waals surface area (Å²) in [5.74, 6) is 3.22. The number of rotatable bonds is 8. The zero-order valence-electron chi connectivity index (χ0n) is 17.7. The van der Waals surface area contributed by atoms with Gasteiger partial charge in [-0.25, -0.2) is 0 Å². The number of nitrogens with zero attached hydrogens (tertiary/aromatic N) is 3. The fourth-order valence-corrected chi connectivity index (χ4v) is 5.56. The summed E-state index contributed by atoms with van der Waals surface area (Å²) in [7, 11) is 0. The maximum atomic E-state index is 10.5. The van der Waals surface area contributed by atoms with Gasteiger partial charge in [-0.2, -0.15) is 0 Å². The molecule has 1 unspecified atom stereocenters. The van der Waals surface area contributed by atoms with E-state index >= 15 is 0 Å². The highest BCUT2D eigenvalue weighted by Crippen LogP contribution is 2.37. The number of aliphatic hydroxyl groups excluding tert-OH is 1. The van der Waals surface area contributed by atoms with Crippen molar-refractivity contribution in [2.75, 3.05) is 39.3 Å². The molecular weight excluding hydrogens is 374 g/mol. The lowest BCUT2D eigenvalue weighted by Gasteiger charge is -2.39. The minimum absolute atomic E-state index is 0.364. The Hall–Kier alpha value is -1.95. The summed E-state index contributed by atoms with van der Waals surface area (Å²) >= 11 is 0. The number of benzene rings is 1. The van der Waals surface area contributed by atoms with E-state index in [9.17, 15) is 5.11 Å². The van der Waals surface area contributed by atoms with Gasteiger partial charge >= 0.3 is 0 Å². The average Bonchev–Trinajstić information content (AvgIpc) is 3.31. The average molecular weight is 408 g/mol. The van der Waals surface area contributed by atoms with Crippen molar-refractivity contribution in [3.05, 3.63) is 59.9 Å². The molecule has 0 bridgehead atoms. The van der Waals surface area contributed by atoms with Crippen molar-refractivity contribution in [3.63, 3.8) is 0 Å². The van der Waals surface area contributed by atoms with Crippen LogP contribution in [0.2, 0.25) is 0 Å². The first kappa shape index (κ1) is 20.0. The van der Waals surface area contributed by atoms with Gasteiger partial charge in [0, 0.05) is 57.6 Å². The summed E-state index contributed by atoms with van der Waals surface area (Å²) in [5, 5.41) is 10.5. The molecule has 1 N–H and O–H groups in total. The molecule has 160 valence electrons. The normalized spacial score (nSPS) is 25.8. The predicted molar refractivity (Wildman–Crippen MR) is 117 cm³/mol. The van der Waals surface area contributed by atoms with Crippen molar-refractivity contribution < 1.29 is 9.84 Å². The lowest BCUT2D eigenvalue weighted by Crippen LogP contribution is -2.44. The van der Waals surface area contributed by atoms with E-state index in [1.165, 1.54) is 30.4 Å². The summed E-state index contributed by atoms with van der Waals surface area (Å²) in [4.78, 5) is 9.00. The number of aromatic nitrogens is 1. The molecule has 30 heavy (non-hydrogen) atoms. The summed E-state index contributed by atoms with van der Waals surface area (Å²) in [5.41, 5.74) is 2.65. The highest BCUT2D eigenvalue weighted by atomic mass is 16.5. The molecule has 1 aromatic carbocycles. The van der Waals surface area contributed by atoms with Gasteiger partial charge in [0.05, 0.1) is 0 Å². The Bertz CT molecular complexity index is 812. The van der Waals surface area contributed by atoms with Crippen molar-refractivity contribution >= 4 is 0 Å². The molecule has 0 spiro atoms. The van der Waals surface area contributed by atoms with Crippen molar-refractivity contribution in [1.82, 2.24) is 14.8 Å². The lowest BCUT2D eigenvalue weighted by atomic mass is 9.92. The zero-order valence-corrected chi connectivity index (χ0v) is 17.7.